The van der Waals surface area contributed by atoms with E-state index in [4.69, 9.17) is 14.8 Å². The van der Waals surface area contributed by atoms with Gasteiger partial charge in [-0.1, -0.05) is 208 Å². The number of carbonyl (C=O) groups is 1. The number of carbonyl (C=O) groups excluding carboxylic acids is 1. The van der Waals surface area contributed by atoms with Gasteiger partial charge in [-0.2, -0.15) is 0 Å². The van der Waals surface area contributed by atoms with Gasteiger partial charge in [-0.05, 0) is 70.6 Å². The first-order chi connectivity index (χ1) is 29.4. The predicted octanol–water partition coefficient (Wildman–Crippen LogP) is 14.2. The first-order valence-corrected chi connectivity index (χ1v) is 25.7. The Labute approximate surface area is 369 Å². The third-order valence-electron chi connectivity index (χ3n) is 10.2. The Kier molecular flexibility index (Phi) is 44.4. The van der Waals surface area contributed by atoms with Crippen LogP contribution in [0.15, 0.2) is 85.1 Å². The number of hydrogen-bond donors (Lipinski definition) is 4. The van der Waals surface area contributed by atoms with E-state index in [0.29, 0.717) is 6.42 Å². The number of amides is 1. The maximum absolute atomic E-state index is 12.8. The number of nitrogens with one attached hydrogen (secondary N) is 1. The topological polar surface area (TPSA) is 131 Å². The fourth-order valence-electron chi connectivity index (χ4n) is 6.61. The molecule has 60 heavy (non-hydrogen) atoms. The highest BCUT2D eigenvalue weighted by Crippen LogP contribution is 2.43. The molecule has 3 atom stereocenters. The zero-order chi connectivity index (χ0) is 43.9. The SMILES string of the molecule is CC/C=C\C/C=C\C/C=C\C/C=C\C/C=C\C/C=C\CCCCCCC(=O)NC(COP(=O)(O)OCCN)C(O)/C=C/CCCCCCCCCCCCCCCCCC. The Morgan fingerprint density at radius 1 is 0.567 bits per heavy atom. The minimum absolute atomic E-state index is 0.0696. The minimum Gasteiger partial charge on any atom is -0.387 e. The van der Waals surface area contributed by atoms with Crippen molar-refractivity contribution in [2.24, 2.45) is 5.73 Å². The average Bonchev–Trinajstić information content (AvgIpc) is 3.24. The fourth-order valence-corrected chi connectivity index (χ4v) is 7.37. The second kappa shape index (κ2) is 46.2. The van der Waals surface area contributed by atoms with Gasteiger partial charge in [-0.15, -0.1) is 0 Å². The van der Waals surface area contributed by atoms with Crippen molar-refractivity contribution >= 4 is 13.7 Å². The first kappa shape index (κ1) is 57.7. The summed E-state index contributed by atoms with van der Waals surface area (Å²) in [6.45, 7) is 4.00. The number of aliphatic hydroxyl groups is 1. The molecule has 0 rings (SSSR count). The fraction of sp³-hybridized carbons (Fsp3) is 0.706. The number of hydrogen-bond acceptors (Lipinski definition) is 6. The lowest BCUT2D eigenvalue weighted by Crippen LogP contribution is -2.45. The van der Waals surface area contributed by atoms with E-state index in [1.807, 2.05) is 6.08 Å². The van der Waals surface area contributed by atoms with Gasteiger partial charge in [0.25, 0.3) is 0 Å². The monoisotopic (exact) mass is 859 g/mol. The van der Waals surface area contributed by atoms with E-state index in [1.165, 1.54) is 89.9 Å². The third-order valence-corrected chi connectivity index (χ3v) is 11.2. The molecule has 0 heterocycles. The summed E-state index contributed by atoms with van der Waals surface area (Å²) in [6.07, 6.45) is 62.0. The molecule has 0 aromatic carbocycles. The molecular formula is C51H91N2O6P. The predicted molar refractivity (Wildman–Crippen MR) is 258 cm³/mol. The van der Waals surface area contributed by atoms with E-state index in [1.54, 1.807) is 6.08 Å². The molecule has 0 radical (unpaired) electrons. The van der Waals surface area contributed by atoms with Gasteiger partial charge in [-0.25, -0.2) is 4.57 Å². The second-order valence-corrected chi connectivity index (χ2v) is 17.4. The summed E-state index contributed by atoms with van der Waals surface area (Å²) in [5, 5.41) is 13.7. The van der Waals surface area contributed by atoms with E-state index >= 15 is 0 Å². The Balaban J connectivity index is 4.24. The van der Waals surface area contributed by atoms with E-state index in [2.05, 4.69) is 92.1 Å². The maximum Gasteiger partial charge on any atom is 0.472 e. The van der Waals surface area contributed by atoms with Crippen molar-refractivity contribution in [3.05, 3.63) is 85.1 Å². The standard InChI is InChI=1S/C51H91N2O6P/c1-3-5-7-9-11-13-15-17-19-21-23-24-25-26-27-29-31-33-35-37-39-41-43-45-51(55)53-49(48-59-60(56,57)58-47-46-52)50(54)44-42-40-38-36-34-32-30-28-22-20-18-16-14-12-10-8-6-4-2/h5,7,11,13,17,19,23-24,26-27,31,33,42,44,49-50,54H,3-4,6,8-10,12,14-16,18,20-22,25,28-30,32,34-41,43,45-48,52H2,1-2H3,(H,53,55)(H,56,57)/b7-5-,13-11-,19-17-,24-23-,27-26-,33-31-,44-42+. The van der Waals surface area contributed by atoms with Crippen LogP contribution in [0.4, 0.5) is 0 Å². The molecular weight excluding hydrogens is 768 g/mol. The van der Waals surface area contributed by atoms with Gasteiger partial charge in [0, 0.05) is 13.0 Å². The highest BCUT2D eigenvalue weighted by Gasteiger charge is 2.26. The van der Waals surface area contributed by atoms with Gasteiger partial charge >= 0.3 is 7.82 Å². The van der Waals surface area contributed by atoms with E-state index in [9.17, 15) is 19.4 Å². The van der Waals surface area contributed by atoms with E-state index in [0.717, 1.165) is 89.9 Å². The number of allylic oxidation sites excluding steroid dienone is 13. The molecule has 5 N–H and O–H groups in total. The van der Waals surface area contributed by atoms with Crippen molar-refractivity contribution in [2.75, 3.05) is 19.8 Å². The van der Waals surface area contributed by atoms with Crippen molar-refractivity contribution in [3.63, 3.8) is 0 Å². The zero-order valence-corrected chi connectivity index (χ0v) is 39.3. The first-order valence-electron chi connectivity index (χ1n) is 24.2. The molecule has 1 amide bonds. The quantitative estimate of drug-likeness (QED) is 0.0273. The molecule has 0 saturated heterocycles. The molecule has 0 spiro atoms. The van der Waals surface area contributed by atoms with Crippen LogP contribution in [0.5, 0.6) is 0 Å². The van der Waals surface area contributed by atoms with Crippen LogP contribution < -0.4 is 11.1 Å². The smallest absolute Gasteiger partial charge is 0.387 e. The van der Waals surface area contributed by atoms with Gasteiger partial charge in [-0.3, -0.25) is 13.8 Å². The molecule has 0 bridgehead atoms. The van der Waals surface area contributed by atoms with Gasteiger partial charge in [0.05, 0.1) is 25.4 Å². The lowest BCUT2D eigenvalue weighted by atomic mass is 10.0. The van der Waals surface area contributed by atoms with Gasteiger partial charge < -0.3 is 21.1 Å². The molecule has 0 aliphatic rings. The molecule has 346 valence electrons. The largest absolute Gasteiger partial charge is 0.472 e. The summed E-state index contributed by atoms with van der Waals surface area (Å²) in [7, 11) is -4.36. The van der Waals surface area contributed by atoms with E-state index < -0.39 is 20.0 Å². The van der Waals surface area contributed by atoms with Crippen LogP contribution in [-0.2, 0) is 18.4 Å². The zero-order valence-electron chi connectivity index (χ0n) is 38.4. The summed E-state index contributed by atoms with van der Waals surface area (Å²) < 4.78 is 22.2. The normalized spacial score (nSPS) is 14.7. The van der Waals surface area contributed by atoms with Crippen LogP contribution in [0.1, 0.15) is 200 Å². The molecule has 0 aromatic heterocycles. The molecule has 9 heteroatoms. The number of phosphoric acid groups is 1. The Morgan fingerprint density at radius 3 is 1.42 bits per heavy atom. The number of unbranched alkanes of at least 4 members (excludes halogenated alkanes) is 20. The van der Waals surface area contributed by atoms with Crippen LogP contribution in [0.3, 0.4) is 0 Å². The van der Waals surface area contributed by atoms with Crippen LogP contribution in [-0.4, -0.2) is 47.8 Å². The molecule has 3 unspecified atom stereocenters. The molecule has 0 saturated carbocycles. The summed E-state index contributed by atoms with van der Waals surface area (Å²) in [4.78, 5) is 22.8. The Bertz CT molecular complexity index is 1210. The lowest BCUT2D eigenvalue weighted by molar-refractivity contribution is -0.123. The number of nitrogens with two attached hydrogens (primary N) is 1. The third kappa shape index (κ3) is 43.8. The number of phosphoric ester groups is 1. The van der Waals surface area contributed by atoms with Gasteiger partial charge in [0.1, 0.15) is 0 Å². The lowest BCUT2D eigenvalue weighted by Gasteiger charge is -2.23. The molecule has 8 nitrogen and oxygen atoms in total. The van der Waals surface area contributed by atoms with Crippen molar-refractivity contribution in [2.45, 2.75) is 212 Å². The number of aliphatic hydroxyl groups excluding tert-OH is 1. The van der Waals surface area contributed by atoms with Gasteiger partial charge in [0.15, 0.2) is 0 Å². The summed E-state index contributed by atoms with van der Waals surface area (Å²) >= 11 is 0. The molecule has 0 aromatic rings. The molecule has 0 aliphatic heterocycles. The second-order valence-electron chi connectivity index (χ2n) is 15.9. The van der Waals surface area contributed by atoms with Crippen LogP contribution in [0.25, 0.3) is 0 Å². The highest BCUT2D eigenvalue weighted by atomic mass is 31.2. The van der Waals surface area contributed by atoms with Crippen LogP contribution in [0.2, 0.25) is 0 Å². The van der Waals surface area contributed by atoms with Gasteiger partial charge in [0.2, 0.25) is 5.91 Å². The molecule has 0 fully saturated rings. The van der Waals surface area contributed by atoms with Crippen LogP contribution in [0, 0.1) is 0 Å². The van der Waals surface area contributed by atoms with Crippen molar-refractivity contribution in [1.82, 2.24) is 5.32 Å². The Hall–Kier alpha value is -2.32. The number of rotatable bonds is 44. The van der Waals surface area contributed by atoms with E-state index in [-0.39, 0.29) is 25.7 Å². The van der Waals surface area contributed by atoms with Crippen molar-refractivity contribution in [1.29, 1.82) is 0 Å². The summed E-state index contributed by atoms with van der Waals surface area (Å²) in [5.74, 6) is -0.221. The minimum atomic E-state index is -4.36. The Morgan fingerprint density at radius 2 is 0.967 bits per heavy atom. The highest BCUT2D eigenvalue weighted by molar-refractivity contribution is 7.47. The summed E-state index contributed by atoms with van der Waals surface area (Å²) in [6, 6.07) is -0.880. The summed E-state index contributed by atoms with van der Waals surface area (Å²) in [5.41, 5.74) is 5.38. The van der Waals surface area contributed by atoms with Crippen molar-refractivity contribution < 1.29 is 28.4 Å². The maximum atomic E-state index is 12.8. The average molecular weight is 859 g/mol. The molecule has 0 aliphatic carbocycles. The van der Waals surface area contributed by atoms with Crippen molar-refractivity contribution in [3.8, 4) is 0 Å². The van der Waals surface area contributed by atoms with Crippen LogP contribution >= 0.6 is 7.82 Å².